The van der Waals surface area contributed by atoms with Crippen LogP contribution in [0.5, 0.6) is 0 Å². The van der Waals surface area contributed by atoms with Crippen LogP contribution in [-0.2, 0) is 0 Å². The second-order valence-electron chi connectivity index (χ2n) is 5.94. The first-order valence-corrected chi connectivity index (χ1v) is 6.94. The van der Waals surface area contributed by atoms with Gasteiger partial charge >= 0.3 is 6.09 Å². The first kappa shape index (κ1) is 15.8. The van der Waals surface area contributed by atoms with Gasteiger partial charge in [-0.25, -0.2) is 9.18 Å². The molecule has 0 aromatic heterocycles. The van der Waals surface area contributed by atoms with Crippen LogP contribution in [0.4, 0.5) is 26.2 Å². The van der Waals surface area contributed by atoms with E-state index in [1.54, 1.807) is 20.8 Å². The Morgan fingerprint density at radius 1 is 1.14 bits per heavy atom. The molecule has 4 nitrogen and oxygen atoms in total. The van der Waals surface area contributed by atoms with Crippen LogP contribution >= 0.6 is 0 Å². The molecule has 0 spiro atoms. The highest BCUT2D eigenvalue weighted by Gasteiger charge is 2.28. The maximum Gasteiger partial charge on any atom is 0.412 e. The van der Waals surface area contributed by atoms with Crippen molar-refractivity contribution in [3.63, 3.8) is 0 Å². The zero-order chi connectivity index (χ0) is 16.3. The van der Waals surface area contributed by atoms with Crippen LogP contribution in [0.25, 0.3) is 0 Å². The third-order valence-corrected chi connectivity index (χ3v) is 3.12. The highest BCUT2D eigenvalue weighted by atomic mass is 19.1. The van der Waals surface area contributed by atoms with Gasteiger partial charge in [0.2, 0.25) is 0 Å². The molecule has 5 heteroatoms. The summed E-state index contributed by atoms with van der Waals surface area (Å²) in [7, 11) is 0. The van der Waals surface area contributed by atoms with Crippen LogP contribution in [-0.4, -0.2) is 16.7 Å². The fraction of sp³-hybridized carbons (Fsp3) is 0.235. The molecule has 0 unspecified atom stereocenters. The first-order valence-electron chi connectivity index (χ1n) is 6.94. The van der Waals surface area contributed by atoms with E-state index in [1.165, 1.54) is 23.1 Å². The quantitative estimate of drug-likeness (QED) is 0.852. The molecule has 0 saturated heterocycles. The second kappa shape index (κ2) is 6.05. The molecule has 1 amide bonds. The summed E-state index contributed by atoms with van der Waals surface area (Å²) in [5.41, 5.74) is 0.753. The van der Waals surface area contributed by atoms with Gasteiger partial charge in [0.15, 0.2) is 0 Å². The number of carboxylic acid groups (broad SMARTS) is 1. The van der Waals surface area contributed by atoms with Gasteiger partial charge in [0.25, 0.3) is 0 Å². The molecule has 0 heterocycles. The Morgan fingerprint density at radius 3 is 2.32 bits per heavy atom. The highest BCUT2D eigenvalue weighted by Crippen LogP contribution is 2.29. The fourth-order valence-electron chi connectivity index (χ4n) is 2.21. The maximum atomic E-state index is 14.0. The van der Waals surface area contributed by atoms with Crippen LogP contribution < -0.4 is 10.2 Å². The van der Waals surface area contributed by atoms with Gasteiger partial charge in [0.1, 0.15) is 5.82 Å². The smallest absolute Gasteiger partial charge is 0.412 e. The summed E-state index contributed by atoms with van der Waals surface area (Å²) in [5, 5.41) is 12.4. The van der Waals surface area contributed by atoms with E-state index in [0.29, 0.717) is 5.69 Å². The summed E-state index contributed by atoms with van der Waals surface area (Å²) in [5.74, 6) is -0.438. The molecule has 0 aliphatic heterocycles. The van der Waals surface area contributed by atoms with Crippen LogP contribution in [0, 0.1) is 5.82 Å². The number of amides is 1. The normalized spacial score (nSPS) is 11.1. The zero-order valence-corrected chi connectivity index (χ0v) is 12.8. The van der Waals surface area contributed by atoms with Crippen LogP contribution in [0.1, 0.15) is 20.8 Å². The Hall–Kier alpha value is -2.56. The lowest BCUT2D eigenvalue weighted by Crippen LogP contribution is -2.45. The van der Waals surface area contributed by atoms with Crippen molar-refractivity contribution in [2.45, 2.75) is 26.3 Å². The topological polar surface area (TPSA) is 52.6 Å². The number of para-hydroxylation sites is 1. The monoisotopic (exact) mass is 302 g/mol. The lowest BCUT2D eigenvalue weighted by atomic mass is 10.1. The molecule has 0 atom stereocenters. The van der Waals surface area contributed by atoms with Gasteiger partial charge in [-0.15, -0.1) is 0 Å². The molecule has 0 saturated carbocycles. The van der Waals surface area contributed by atoms with Gasteiger partial charge in [-0.05, 0) is 51.1 Å². The third kappa shape index (κ3) is 3.55. The molecule has 2 rings (SSSR count). The molecule has 2 aromatic carbocycles. The minimum absolute atomic E-state index is 0.235. The lowest BCUT2D eigenvalue weighted by Gasteiger charge is -2.33. The summed E-state index contributed by atoms with van der Waals surface area (Å²) >= 11 is 0. The molecule has 0 bridgehead atoms. The number of hydrogen-bond acceptors (Lipinski definition) is 2. The number of halogens is 1. The van der Waals surface area contributed by atoms with E-state index in [0.717, 1.165) is 5.69 Å². The molecular weight excluding hydrogens is 283 g/mol. The summed E-state index contributed by atoms with van der Waals surface area (Å²) in [6.07, 6.45) is -1.08. The molecule has 116 valence electrons. The highest BCUT2D eigenvalue weighted by molar-refractivity contribution is 5.88. The van der Waals surface area contributed by atoms with Crippen molar-refractivity contribution >= 4 is 23.2 Å². The number of nitrogens with one attached hydrogen (secondary N) is 1. The lowest BCUT2D eigenvalue weighted by molar-refractivity contribution is 0.195. The van der Waals surface area contributed by atoms with Gasteiger partial charge in [-0.3, -0.25) is 4.90 Å². The molecule has 0 aliphatic carbocycles. The summed E-state index contributed by atoms with van der Waals surface area (Å²) in [6, 6.07) is 13.4. The van der Waals surface area contributed by atoms with Gasteiger partial charge < -0.3 is 10.4 Å². The van der Waals surface area contributed by atoms with Crippen molar-refractivity contribution in [1.29, 1.82) is 0 Å². The fourth-order valence-corrected chi connectivity index (χ4v) is 2.21. The van der Waals surface area contributed by atoms with E-state index >= 15 is 0 Å². The standard InChI is InChI=1S/C17H19FN2O2/c1-17(2,3)20(16(21)22)13-9-10-14(18)15(11-13)19-12-7-5-4-6-8-12/h4-11,19H,1-3H3,(H,21,22). The van der Waals surface area contributed by atoms with Crippen molar-refractivity contribution < 1.29 is 14.3 Å². The second-order valence-corrected chi connectivity index (χ2v) is 5.94. The Bertz CT molecular complexity index is 666. The summed E-state index contributed by atoms with van der Waals surface area (Å²) in [4.78, 5) is 12.7. The van der Waals surface area contributed by atoms with E-state index in [4.69, 9.17) is 0 Å². The van der Waals surface area contributed by atoms with E-state index in [9.17, 15) is 14.3 Å². The number of nitrogens with zero attached hydrogens (tertiary/aromatic N) is 1. The SMILES string of the molecule is CC(C)(C)N(C(=O)O)c1ccc(F)c(Nc2ccccc2)c1. The Balaban J connectivity index is 2.39. The number of hydrogen-bond donors (Lipinski definition) is 2. The van der Waals surface area contributed by atoms with Crippen molar-refractivity contribution in [1.82, 2.24) is 0 Å². The first-order chi connectivity index (χ1) is 10.3. The van der Waals surface area contributed by atoms with Gasteiger partial charge in [-0.2, -0.15) is 0 Å². The number of rotatable bonds is 3. The van der Waals surface area contributed by atoms with Gasteiger partial charge in [-0.1, -0.05) is 18.2 Å². The van der Waals surface area contributed by atoms with Crippen molar-refractivity contribution in [3.05, 3.63) is 54.3 Å². The average molecular weight is 302 g/mol. The number of benzene rings is 2. The maximum absolute atomic E-state index is 14.0. The molecule has 22 heavy (non-hydrogen) atoms. The molecule has 0 fully saturated rings. The Kier molecular flexibility index (Phi) is 4.35. The van der Waals surface area contributed by atoms with Crippen molar-refractivity contribution in [3.8, 4) is 0 Å². The van der Waals surface area contributed by atoms with E-state index in [-0.39, 0.29) is 5.69 Å². The summed E-state index contributed by atoms with van der Waals surface area (Å²) in [6.45, 7) is 5.36. The predicted molar refractivity (Wildman–Crippen MR) is 86.4 cm³/mol. The van der Waals surface area contributed by atoms with Crippen molar-refractivity contribution in [2.24, 2.45) is 0 Å². The third-order valence-electron chi connectivity index (χ3n) is 3.12. The van der Waals surface area contributed by atoms with Crippen LogP contribution in [0.3, 0.4) is 0 Å². The van der Waals surface area contributed by atoms with Gasteiger partial charge in [0, 0.05) is 16.9 Å². The number of anilines is 3. The minimum atomic E-state index is -1.08. The van der Waals surface area contributed by atoms with E-state index in [1.807, 2.05) is 30.3 Å². The average Bonchev–Trinajstić information content (AvgIpc) is 2.41. The Labute approximate surface area is 129 Å². The van der Waals surface area contributed by atoms with Crippen LogP contribution in [0.15, 0.2) is 48.5 Å². The summed E-state index contributed by atoms with van der Waals surface area (Å²) < 4.78 is 14.0. The van der Waals surface area contributed by atoms with Crippen molar-refractivity contribution in [2.75, 3.05) is 10.2 Å². The van der Waals surface area contributed by atoms with Gasteiger partial charge in [0.05, 0.1) is 5.69 Å². The molecule has 2 aromatic rings. The minimum Gasteiger partial charge on any atom is -0.465 e. The molecule has 0 aliphatic rings. The zero-order valence-electron chi connectivity index (χ0n) is 12.8. The molecule has 2 N–H and O–H groups in total. The van der Waals surface area contributed by atoms with E-state index < -0.39 is 17.4 Å². The Morgan fingerprint density at radius 2 is 1.77 bits per heavy atom. The largest absolute Gasteiger partial charge is 0.465 e. The van der Waals surface area contributed by atoms with E-state index in [2.05, 4.69) is 5.32 Å². The van der Waals surface area contributed by atoms with Crippen LogP contribution in [0.2, 0.25) is 0 Å². The number of carbonyl (C=O) groups is 1. The molecule has 0 radical (unpaired) electrons. The predicted octanol–water partition coefficient (Wildman–Crippen LogP) is 4.85. The molecular formula is C17H19FN2O2.